The number of hydrogen-bond donors (Lipinski definition) is 2. The lowest BCUT2D eigenvalue weighted by molar-refractivity contribution is 0.0931. The summed E-state index contributed by atoms with van der Waals surface area (Å²) in [6.45, 7) is 1.59. The molecule has 1 fully saturated rings. The number of carbonyl (C=O) groups is 1. The van der Waals surface area contributed by atoms with Crippen molar-refractivity contribution in [3.8, 4) is 0 Å². The normalized spacial score (nSPS) is 15.5. The average molecular weight is 298 g/mol. The van der Waals surface area contributed by atoms with Gasteiger partial charge in [-0.3, -0.25) is 9.59 Å². The minimum absolute atomic E-state index is 0.0307. The van der Waals surface area contributed by atoms with Crippen LogP contribution in [0.2, 0.25) is 0 Å². The Hall–Kier alpha value is -2.63. The van der Waals surface area contributed by atoms with Gasteiger partial charge in [0.15, 0.2) is 0 Å². The summed E-state index contributed by atoms with van der Waals surface area (Å²) in [5.41, 5.74) is 1.32. The molecule has 0 saturated carbocycles. The van der Waals surface area contributed by atoms with Gasteiger partial charge >= 0.3 is 0 Å². The largest absolute Gasteiger partial charge is 0.370 e. The van der Waals surface area contributed by atoms with Crippen LogP contribution in [-0.2, 0) is 0 Å². The Morgan fingerprint density at radius 1 is 1.23 bits per heavy atom. The molecule has 1 aromatic heterocycles. The molecule has 22 heavy (non-hydrogen) atoms. The number of H-pyrrole nitrogens is 1. The van der Waals surface area contributed by atoms with Crippen molar-refractivity contribution in [1.82, 2.24) is 15.5 Å². The van der Waals surface area contributed by atoms with Crippen molar-refractivity contribution in [2.75, 3.05) is 18.0 Å². The third-order valence-corrected chi connectivity index (χ3v) is 3.88. The van der Waals surface area contributed by atoms with Crippen LogP contribution >= 0.6 is 0 Å². The second-order valence-electron chi connectivity index (χ2n) is 5.40. The van der Waals surface area contributed by atoms with Gasteiger partial charge in [-0.15, -0.1) is 0 Å². The highest BCUT2D eigenvalue weighted by molar-refractivity contribution is 5.94. The van der Waals surface area contributed by atoms with E-state index in [9.17, 15) is 9.59 Å². The molecule has 2 aromatic rings. The second-order valence-corrected chi connectivity index (χ2v) is 5.40. The number of carbonyl (C=O) groups excluding carboxylic acids is 1. The molecule has 0 radical (unpaired) electrons. The molecule has 114 valence electrons. The van der Waals surface area contributed by atoms with Gasteiger partial charge in [0, 0.05) is 30.8 Å². The number of benzene rings is 1. The predicted octanol–water partition coefficient (Wildman–Crippen LogP) is 1.17. The summed E-state index contributed by atoms with van der Waals surface area (Å²) in [6.07, 6.45) is 3.36. The van der Waals surface area contributed by atoms with Gasteiger partial charge in [0.1, 0.15) is 0 Å². The van der Waals surface area contributed by atoms with E-state index in [1.807, 2.05) is 30.3 Å². The van der Waals surface area contributed by atoms with E-state index in [2.05, 4.69) is 20.4 Å². The molecule has 1 aromatic carbocycles. The van der Waals surface area contributed by atoms with Crippen LogP contribution in [-0.4, -0.2) is 35.2 Å². The molecular formula is C16H18N4O2. The Morgan fingerprint density at radius 2 is 1.95 bits per heavy atom. The third-order valence-electron chi connectivity index (χ3n) is 3.88. The molecule has 1 amide bonds. The summed E-state index contributed by atoms with van der Waals surface area (Å²) in [7, 11) is 0. The van der Waals surface area contributed by atoms with Crippen molar-refractivity contribution in [2.45, 2.75) is 18.9 Å². The van der Waals surface area contributed by atoms with E-state index in [0.29, 0.717) is 5.56 Å². The van der Waals surface area contributed by atoms with Crippen molar-refractivity contribution < 1.29 is 4.79 Å². The SMILES string of the molecule is O=C(NC1CCN(c2cn[nH]c(=O)c2)CC1)c1ccccc1. The van der Waals surface area contributed by atoms with Crippen LogP contribution in [0.15, 0.2) is 47.4 Å². The van der Waals surface area contributed by atoms with Gasteiger partial charge in [-0.25, -0.2) is 5.10 Å². The lowest BCUT2D eigenvalue weighted by Crippen LogP contribution is -2.45. The molecule has 1 aliphatic rings. The average Bonchev–Trinajstić information content (AvgIpc) is 2.56. The van der Waals surface area contributed by atoms with Crippen molar-refractivity contribution in [2.24, 2.45) is 0 Å². The molecule has 0 unspecified atom stereocenters. The quantitative estimate of drug-likeness (QED) is 0.891. The number of nitrogens with one attached hydrogen (secondary N) is 2. The molecule has 3 rings (SSSR count). The fourth-order valence-electron chi connectivity index (χ4n) is 2.68. The Balaban J connectivity index is 1.56. The van der Waals surface area contributed by atoms with E-state index in [-0.39, 0.29) is 17.5 Å². The van der Waals surface area contributed by atoms with Gasteiger partial charge in [-0.05, 0) is 25.0 Å². The highest BCUT2D eigenvalue weighted by Gasteiger charge is 2.21. The molecule has 2 heterocycles. The summed E-state index contributed by atoms with van der Waals surface area (Å²) in [6, 6.07) is 11.0. The Bertz CT molecular complexity index is 691. The standard InChI is InChI=1S/C16H18N4O2/c21-15-10-14(11-17-19-15)20-8-6-13(7-9-20)18-16(22)12-4-2-1-3-5-12/h1-5,10-11,13H,6-9H2,(H,18,22)(H,19,21). The zero-order chi connectivity index (χ0) is 15.4. The monoisotopic (exact) mass is 298 g/mol. The van der Waals surface area contributed by atoms with Crippen LogP contribution in [0.4, 0.5) is 5.69 Å². The number of rotatable bonds is 3. The minimum atomic E-state index is -0.197. The first-order valence-electron chi connectivity index (χ1n) is 7.38. The maximum atomic E-state index is 12.1. The summed E-state index contributed by atoms with van der Waals surface area (Å²) in [5.74, 6) is -0.0307. The first kappa shape index (κ1) is 14.3. The highest BCUT2D eigenvalue weighted by Crippen LogP contribution is 2.17. The topological polar surface area (TPSA) is 78.1 Å². The van der Waals surface area contributed by atoms with Crippen molar-refractivity contribution in [3.63, 3.8) is 0 Å². The summed E-state index contributed by atoms with van der Waals surface area (Å²) in [4.78, 5) is 25.5. The van der Waals surface area contributed by atoms with Gasteiger partial charge < -0.3 is 10.2 Å². The van der Waals surface area contributed by atoms with E-state index < -0.39 is 0 Å². The predicted molar refractivity (Wildman–Crippen MR) is 84.0 cm³/mol. The van der Waals surface area contributed by atoms with Crippen molar-refractivity contribution in [3.05, 3.63) is 58.5 Å². The number of aromatic amines is 1. The van der Waals surface area contributed by atoms with Gasteiger partial charge in [-0.1, -0.05) is 18.2 Å². The molecule has 0 aliphatic carbocycles. The number of piperidine rings is 1. The minimum Gasteiger partial charge on any atom is -0.370 e. The van der Waals surface area contributed by atoms with Gasteiger partial charge in [-0.2, -0.15) is 5.10 Å². The highest BCUT2D eigenvalue weighted by atomic mass is 16.1. The molecule has 0 atom stereocenters. The van der Waals surface area contributed by atoms with Crippen molar-refractivity contribution in [1.29, 1.82) is 0 Å². The maximum absolute atomic E-state index is 12.1. The summed E-state index contributed by atoms with van der Waals surface area (Å²) < 4.78 is 0. The number of anilines is 1. The van der Waals surface area contributed by atoms with E-state index in [1.165, 1.54) is 0 Å². The summed E-state index contributed by atoms with van der Waals surface area (Å²) in [5, 5.41) is 9.26. The zero-order valence-corrected chi connectivity index (χ0v) is 12.2. The first-order chi connectivity index (χ1) is 10.7. The van der Waals surface area contributed by atoms with E-state index >= 15 is 0 Å². The molecule has 6 heteroatoms. The summed E-state index contributed by atoms with van der Waals surface area (Å²) >= 11 is 0. The van der Waals surface area contributed by atoms with Crippen LogP contribution in [0.1, 0.15) is 23.2 Å². The molecular weight excluding hydrogens is 280 g/mol. The van der Waals surface area contributed by atoms with Gasteiger partial charge in [0.05, 0.1) is 11.9 Å². The Morgan fingerprint density at radius 3 is 2.64 bits per heavy atom. The van der Waals surface area contributed by atoms with Crippen LogP contribution in [0.25, 0.3) is 0 Å². The fraction of sp³-hybridized carbons (Fsp3) is 0.312. The fourth-order valence-corrected chi connectivity index (χ4v) is 2.68. The molecule has 2 N–H and O–H groups in total. The van der Waals surface area contributed by atoms with Crippen LogP contribution in [0.5, 0.6) is 0 Å². The van der Waals surface area contributed by atoms with Gasteiger partial charge in [0.25, 0.3) is 11.5 Å². The van der Waals surface area contributed by atoms with E-state index in [0.717, 1.165) is 31.6 Å². The second kappa shape index (κ2) is 6.43. The van der Waals surface area contributed by atoms with Crippen molar-refractivity contribution >= 4 is 11.6 Å². The lowest BCUT2D eigenvalue weighted by Gasteiger charge is -2.33. The molecule has 0 spiro atoms. The first-order valence-corrected chi connectivity index (χ1v) is 7.38. The van der Waals surface area contributed by atoms with Crippen LogP contribution in [0.3, 0.4) is 0 Å². The van der Waals surface area contributed by atoms with Crippen LogP contribution in [0, 0.1) is 0 Å². The molecule has 1 saturated heterocycles. The van der Waals surface area contributed by atoms with E-state index in [1.54, 1.807) is 12.3 Å². The van der Waals surface area contributed by atoms with Crippen LogP contribution < -0.4 is 15.8 Å². The number of aromatic nitrogens is 2. The maximum Gasteiger partial charge on any atom is 0.266 e. The zero-order valence-electron chi connectivity index (χ0n) is 12.2. The van der Waals surface area contributed by atoms with E-state index in [4.69, 9.17) is 0 Å². The number of nitrogens with zero attached hydrogens (tertiary/aromatic N) is 2. The third kappa shape index (κ3) is 3.33. The molecule has 1 aliphatic heterocycles. The number of hydrogen-bond acceptors (Lipinski definition) is 4. The number of amides is 1. The lowest BCUT2D eigenvalue weighted by atomic mass is 10.0. The molecule has 0 bridgehead atoms. The molecule has 6 nitrogen and oxygen atoms in total. The smallest absolute Gasteiger partial charge is 0.266 e. The van der Waals surface area contributed by atoms with Gasteiger partial charge in [0.2, 0.25) is 0 Å². The Labute approximate surface area is 128 Å². The Kier molecular flexibility index (Phi) is 4.18.